The molecule has 0 bridgehead atoms. The second kappa shape index (κ2) is 6.92. The average Bonchev–Trinajstić information content (AvgIpc) is 2.74. The molecule has 0 unspecified atom stereocenters. The first-order valence-electron chi connectivity index (χ1n) is 7.46. The summed E-state index contributed by atoms with van der Waals surface area (Å²) in [7, 11) is 0. The fourth-order valence-corrected chi connectivity index (χ4v) is 2.60. The van der Waals surface area contributed by atoms with Gasteiger partial charge in [0.1, 0.15) is 12.7 Å². The third kappa shape index (κ3) is 3.85. The monoisotopic (exact) mass is 306 g/mol. The first-order chi connectivity index (χ1) is 10.4. The van der Waals surface area contributed by atoms with Gasteiger partial charge in [-0.1, -0.05) is 11.6 Å². The summed E-state index contributed by atoms with van der Waals surface area (Å²) in [6, 6.07) is 0. The molecule has 1 aliphatic heterocycles. The average molecular weight is 306 g/mol. The number of ether oxygens (including phenoxy) is 2. The van der Waals surface area contributed by atoms with Crippen molar-refractivity contribution in [2.75, 3.05) is 6.61 Å². The van der Waals surface area contributed by atoms with Crippen LogP contribution in [0.2, 0.25) is 0 Å². The minimum atomic E-state index is -0.578. The Morgan fingerprint density at radius 2 is 2.14 bits per heavy atom. The van der Waals surface area contributed by atoms with E-state index in [0.29, 0.717) is 18.4 Å². The summed E-state index contributed by atoms with van der Waals surface area (Å²) in [5, 5.41) is 10.1. The minimum Gasteiger partial charge on any atom is -0.461 e. The second-order valence-corrected chi connectivity index (χ2v) is 5.82. The number of carbonyl (C=O) groups is 2. The van der Waals surface area contributed by atoms with Crippen LogP contribution in [0.15, 0.2) is 34.4 Å². The number of allylic oxidation sites excluding steroid dienone is 1. The fourth-order valence-electron chi connectivity index (χ4n) is 2.60. The molecule has 0 spiro atoms. The van der Waals surface area contributed by atoms with Crippen LogP contribution in [0.5, 0.6) is 0 Å². The Bertz CT molecular complexity index is 568. The lowest BCUT2D eigenvalue weighted by atomic mass is 9.93. The first-order valence-corrected chi connectivity index (χ1v) is 7.46. The van der Waals surface area contributed by atoms with Crippen LogP contribution in [0.4, 0.5) is 0 Å². The van der Waals surface area contributed by atoms with Gasteiger partial charge >= 0.3 is 11.9 Å². The van der Waals surface area contributed by atoms with E-state index < -0.39 is 24.1 Å². The third-order valence-electron chi connectivity index (χ3n) is 4.05. The van der Waals surface area contributed by atoms with Crippen molar-refractivity contribution in [1.82, 2.24) is 0 Å². The van der Waals surface area contributed by atoms with E-state index in [1.807, 2.05) is 19.9 Å². The Hall–Kier alpha value is -1.88. The molecule has 1 heterocycles. The fraction of sp³-hybridized carbons (Fsp3) is 0.529. The zero-order valence-electron chi connectivity index (χ0n) is 13.2. The van der Waals surface area contributed by atoms with Crippen LogP contribution in [-0.4, -0.2) is 35.9 Å². The summed E-state index contributed by atoms with van der Waals surface area (Å²) in [5.41, 5.74) is 3.20. The van der Waals surface area contributed by atoms with E-state index in [9.17, 15) is 14.7 Å². The molecule has 0 saturated carbocycles. The second-order valence-electron chi connectivity index (χ2n) is 5.82. The van der Waals surface area contributed by atoms with Gasteiger partial charge in [-0.2, -0.15) is 0 Å². The largest absolute Gasteiger partial charge is 0.461 e. The molecule has 0 amide bonds. The minimum absolute atomic E-state index is 0.0573. The van der Waals surface area contributed by atoms with Crippen molar-refractivity contribution in [2.45, 2.75) is 52.2 Å². The Kier molecular flexibility index (Phi) is 5.19. The summed E-state index contributed by atoms with van der Waals surface area (Å²) in [4.78, 5) is 23.0. The van der Waals surface area contributed by atoms with Crippen LogP contribution < -0.4 is 0 Å². The Morgan fingerprint density at radius 1 is 1.41 bits per heavy atom. The van der Waals surface area contributed by atoms with E-state index in [4.69, 9.17) is 9.47 Å². The van der Waals surface area contributed by atoms with E-state index in [1.54, 1.807) is 6.08 Å². The maximum atomic E-state index is 12.0. The number of hydrogen-bond donors (Lipinski definition) is 1. The Morgan fingerprint density at radius 3 is 2.82 bits per heavy atom. The summed E-state index contributed by atoms with van der Waals surface area (Å²) in [5.74, 6) is -0.872. The number of carbonyl (C=O) groups excluding carboxylic acids is 2. The smallest absolute Gasteiger partial charge is 0.338 e. The molecular formula is C17H22O5. The first kappa shape index (κ1) is 16.5. The number of aliphatic hydroxyl groups is 1. The van der Waals surface area contributed by atoms with Gasteiger partial charge in [0.2, 0.25) is 0 Å². The van der Waals surface area contributed by atoms with Crippen molar-refractivity contribution >= 4 is 11.9 Å². The molecule has 2 aliphatic rings. The highest BCUT2D eigenvalue weighted by Gasteiger charge is 2.33. The number of hydrogen-bond acceptors (Lipinski definition) is 5. The van der Waals surface area contributed by atoms with Gasteiger partial charge in [0.05, 0.1) is 11.7 Å². The van der Waals surface area contributed by atoms with E-state index in [-0.39, 0.29) is 6.61 Å². The molecule has 22 heavy (non-hydrogen) atoms. The molecule has 2 rings (SSSR count). The molecule has 1 aliphatic carbocycles. The molecular weight excluding hydrogens is 284 g/mol. The van der Waals surface area contributed by atoms with Gasteiger partial charge in [0.25, 0.3) is 0 Å². The Balaban J connectivity index is 2.34. The summed E-state index contributed by atoms with van der Waals surface area (Å²) >= 11 is 0. The standard InChI is InChI=1S/C17H22O5/c1-10-4-6-13-14(9-21-12(3)18)17(20)22-16(13)8-11(2)15(19)7-5-10/h5,8,15-16,19H,4,6-7,9H2,1-3H3/b10-5+,11-8+/t15-,16+/m0/s1. The normalized spacial score (nSPS) is 30.6. The van der Waals surface area contributed by atoms with Crippen molar-refractivity contribution in [3.05, 3.63) is 34.4 Å². The van der Waals surface area contributed by atoms with Crippen molar-refractivity contribution in [1.29, 1.82) is 0 Å². The SMILES string of the molecule is CC(=O)OCC1=C2CC/C(C)=C/C[C@H](O)/C(C)=C/[C@H]2OC1=O. The molecule has 0 aromatic carbocycles. The molecule has 0 fully saturated rings. The van der Waals surface area contributed by atoms with Crippen molar-refractivity contribution in [2.24, 2.45) is 0 Å². The van der Waals surface area contributed by atoms with Crippen LogP contribution in [0.1, 0.15) is 40.0 Å². The molecule has 1 N–H and O–H groups in total. The number of esters is 2. The van der Waals surface area contributed by atoms with E-state index in [2.05, 4.69) is 0 Å². The quantitative estimate of drug-likeness (QED) is 0.625. The van der Waals surface area contributed by atoms with Crippen molar-refractivity contribution in [3.8, 4) is 0 Å². The van der Waals surface area contributed by atoms with Crippen LogP contribution in [0.25, 0.3) is 0 Å². The number of fused-ring (bicyclic) bond motifs is 1. The third-order valence-corrected chi connectivity index (χ3v) is 4.05. The predicted molar refractivity (Wildman–Crippen MR) is 80.9 cm³/mol. The van der Waals surface area contributed by atoms with Crippen molar-refractivity contribution in [3.63, 3.8) is 0 Å². The van der Waals surface area contributed by atoms with Crippen molar-refractivity contribution < 1.29 is 24.2 Å². The topological polar surface area (TPSA) is 72.8 Å². The molecule has 5 nitrogen and oxygen atoms in total. The molecule has 2 atom stereocenters. The summed E-state index contributed by atoms with van der Waals surface area (Å²) in [6.07, 6.45) is 4.78. The lowest BCUT2D eigenvalue weighted by Gasteiger charge is -2.17. The van der Waals surface area contributed by atoms with E-state index in [0.717, 1.165) is 23.1 Å². The molecule has 120 valence electrons. The highest BCUT2D eigenvalue weighted by atomic mass is 16.6. The van der Waals surface area contributed by atoms with Gasteiger partial charge < -0.3 is 14.6 Å². The lowest BCUT2D eigenvalue weighted by Crippen LogP contribution is -2.15. The molecule has 0 aromatic heterocycles. The number of rotatable bonds is 2. The van der Waals surface area contributed by atoms with Crippen LogP contribution in [-0.2, 0) is 19.1 Å². The maximum absolute atomic E-state index is 12.0. The Labute approximate surface area is 130 Å². The van der Waals surface area contributed by atoms with Gasteiger partial charge in [-0.3, -0.25) is 4.79 Å². The lowest BCUT2D eigenvalue weighted by molar-refractivity contribution is -0.142. The maximum Gasteiger partial charge on any atom is 0.338 e. The molecule has 0 saturated heterocycles. The zero-order valence-corrected chi connectivity index (χ0v) is 13.2. The highest BCUT2D eigenvalue weighted by Crippen LogP contribution is 2.31. The summed E-state index contributed by atoms with van der Waals surface area (Å²) in [6.45, 7) is 5.08. The molecule has 5 heteroatoms. The van der Waals surface area contributed by atoms with Crippen LogP contribution >= 0.6 is 0 Å². The molecule has 0 radical (unpaired) electrons. The zero-order chi connectivity index (χ0) is 16.3. The van der Waals surface area contributed by atoms with Crippen LogP contribution in [0.3, 0.4) is 0 Å². The van der Waals surface area contributed by atoms with Gasteiger partial charge in [0, 0.05) is 6.92 Å². The number of aliphatic hydroxyl groups excluding tert-OH is 1. The predicted octanol–water partition coefficient (Wildman–Crippen LogP) is 2.21. The van der Waals surface area contributed by atoms with Gasteiger partial charge in [-0.25, -0.2) is 4.79 Å². The van der Waals surface area contributed by atoms with Gasteiger partial charge in [-0.05, 0) is 50.3 Å². The van der Waals surface area contributed by atoms with E-state index in [1.165, 1.54) is 6.92 Å². The highest BCUT2D eigenvalue weighted by molar-refractivity contribution is 5.93. The van der Waals surface area contributed by atoms with Gasteiger partial charge in [0.15, 0.2) is 0 Å². The van der Waals surface area contributed by atoms with Crippen LogP contribution in [0, 0.1) is 0 Å². The van der Waals surface area contributed by atoms with Gasteiger partial charge in [-0.15, -0.1) is 0 Å². The molecule has 0 aromatic rings. The summed E-state index contributed by atoms with van der Waals surface area (Å²) < 4.78 is 10.4. The van der Waals surface area contributed by atoms with E-state index >= 15 is 0 Å².